The van der Waals surface area contributed by atoms with Crippen LogP contribution in [0.4, 0.5) is 5.82 Å². The van der Waals surface area contributed by atoms with E-state index in [0.29, 0.717) is 0 Å². The standard InChI is InChI=1S/C14H20N4O5/c1-8-12(21)9(7-19)23-13(8)18-5-4-10(16-14(18)22)15-11(20)6-17(2)3/h4-5,9,12-13,19,21H,1,6-7H2,2-3H3,(H,15,16,20,22)/t9-,12+,13-/m1/s1. The lowest BCUT2D eigenvalue weighted by atomic mass is 10.1. The van der Waals surface area contributed by atoms with E-state index in [-0.39, 0.29) is 23.8 Å². The fourth-order valence-corrected chi connectivity index (χ4v) is 2.23. The molecule has 126 valence electrons. The van der Waals surface area contributed by atoms with E-state index in [9.17, 15) is 14.7 Å². The van der Waals surface area contributed by atoms with Crippen LogP contribution in [0.25, 0.3) is 0 Å². The maximum absolute atomic E-state index is 12.1. The van der Waals surface area contributed by atoms with E-state index in [1.54, 1.807) is 19.0 Å². The maximum Gasteiger partial charge on any atom is 0.351 e. The Morgan fingerprint density at radius 3 is 2.78 bits per heavy atom. The number of likely N-dealkylation sites (N-methyl/N-ethyl adjacent to an activating group) is 1. The zero-order chi connectivity index (χ0) is 17.1. The molecule has 1 amide bonds. The van der Waals surface area contributed by atoms with Crippen LogP contribution < -0.4 is 11.0 Å². The van der Waals surface area contributed by atoms with Gasteiger partial charge in [-0.1, -0.05) is 6.58 Å². The fourth-order valence-electron chi connectivity index (χ4n) is 2.23. The summed E-state index contributed by atoms with van der Waals surface area (Å²) >= 11 is 0. The van der Waals surface area contributed by atoms with Crippen LogP contribution in [-0.2, 0) is 9.53 Å². The van der Waals surface area contributed by atoms with Crippen LogP contribution >= 0.6 is 0 Å². The van der Waals surface area contributed by atoms with Crippen LogP contribution in [-0.4, -0.2) is 70.0 Å². The molecule has 9 nitrogen and oxygen atoms in total. The van der Waals surface area contributed by atoms with E-state index in [1.807, 2.05) is 0 Å². The first kappa shape index (κ1) is 17.3. The van der Waals surface area contributed by atoms with Gasteiger partial charge < -0.3 is 25.2 Å². The molecule has 0 radical (unpaired) electrons. The van der Waals surface area contributed by atoms with E-state index < -0.39 is 30.7 Å². The minimum atomic E-state index is -1.06. The third-order valence-electron chi connectivity index (χ3n) is 3.34. The number of hydrogen-bond acceptors (Lipinski definition) is 7. The molecule has 0 spiro atoms. The van der Waals surface area contributed by atoms with Gasteiger partial charge in [0.1, 0.15) is 18.0 Å². The third-order valence-corrected chi connectivity index (χ3v) is 3.34. The van der Waals surface area contributed by atoms with Gasteiger partial charge in [-0.15, -0.1) is 0 Å². The van der Waals surface area contributed by atoms with Crippen molar-refractivity contribution < 1.29 is 19.7 Å². The topological polar surface area (TPSA) is 117 Å². The molecule has 1 aromatic heterocycles. The first-order valence-corrected chi connectivity index (χ1v) is 7.00. The van der Waals surface area contributed by atoms with E-state index in [1.165, 1.54) is 12.3 Å². The van der Waals surface area contributed by atoms with Gasteiger partial charge in [0.15, 0.2) is 6.23 Å². The molecule has 9 heteroatoms. The molecule has 0 saturated carbocycles. The highest BCUT2D eigenvalue weighted by Crippen LogP contribution is 2.31. The van der Waals surface area contributed by atoms with Gasteiger partial charge in [0.25, 0.3) is 0 Å². The summed E-state index contributed by atoms with van der Waals surface area (Å²) in [5.74, 6) is -0.169. The number of rotatable bonds is 5. The summed E-state index contributed by atoms with van der Waals surface area (Å²) in [6.45, 7) is 3.46. The number of hydrogen-bond donors (Lipinski definition) is 3. The summed E-state index contributed by atoms with van der Waals surface area (Å²) in [5.41, 5.74) is -0.401. The van der Waals surface area contributed by atoms with Crippen molar-refractivity contribution in [3.63, 3.8) is 0 Å². The summed E-state index contributed by atoms with van der Waals surface area (Å²) in [6.07, 6.45) is -1.41. The smallest absolute Gasteiger partial charge is 0.351 e. The Morgan fingerprint density at radius 2 is 2.26 bits per heavy atom. The summed E-state index contributed by atoms with van der Waals surface area (Å²) in [4.78, 5) is 29.2. The van der Waals surface area contributed by atoms with Gasteiger partial charge in [-0.25, -0.2) is 4.79 Å². The monoisotopic (exact) mass is 324 g/mol. The lowest BCUT2D eigenvalue weighted by Crippen LogP contribution is -2.31. The largest absolute Gasteiger partial charge is 0.394 e. The van der Waals surface area contributed by atoms with Crippen molar-refractivity contribution in [3.05, 3.63) is 34.9 Å². The Kier molecular flexibility index (Phi) is 5.26. The van der Waals surface area contributed by atoms with Crippen molar-refractivity contribution in [2.45, 2.75) is 18.4 Å². The fraction of sp³-hybridized carbons (Fsp3) is 0.500. The molecule has 3 N–H and O–H groups in total. The Morgan fingerprint density at radius 1 is 1.57 bits per heavy atom. The molecule has 1 aliphatic rings. The highest BCUT2D eigenvalue weighted by Gasteiger charge is 2.38. The lowest BCUT2D eigenvalue weighted by molar-refractivity contribution is -0.116. The van der Waals surface area contributed by atoms with E-state index in [4.69, 9.17) is 9.84 Å². The zero-order valence-electron chi connectivity index (χ0n) is 13.0. The number of ether oxygens (including phenoxy) is 1. The Bertz CT molecular complexity index is 657. The van der Waals surface area contributed by atoms with Crippen LogP contribution in [0.2, 0.25) is 0 Å². The molecule has 1 aliphatic heterocycles. The molecule has 0 bridgehead atoms. The number of anilines is 1. The van der Waals surface area contributed by atoms with Gasteiger partial charge in [0.2, 0.25) is 5.91 Å². The predicted molar refractivity (Wildman–Crippen MR) is 81.8 cm³/mol. The van der Waals surface area contributed by atoms with Gasteiger partial charge in [0.05, 0.1) is 13.2 Å². The quantitative estimate of drug-likeness (QED) is 0.567. The van der Waals surface area contributed by atoms with Gasteiger partial charge in [-0.05, 0) is 20.2 Å². The van der Waals surface area contributed by atoms with Crippen molar-refractivity contribution in [1.82, 2.24) is 14.5 Å². The average Bonchev–Trinajstić information content (AvgIpc) is 2.74. The highest BCUT2D eigenvalue weighted by atomic mass is 16.5. The van der Waals surface area contributed by atoms with Crippen molar-refractivity contribution in [2.75, 3.05) is 32.6 Å². The lowest BCUT2D eigenvalue weighted by Gasteiger charge is -2.15. The average molecular weight is 324 g/mol. The Balaban J connectivity index is 2.16. The molecule has 1 aromatic rings. The number of aromatic nitrogens is 2. The minimum Gasteiger partial charge on any atom is -0.394 e. The van der Waals surface area contributed by atoms with Gasteiger partial charge in [0, 0.05) is 11.8 Å². The number of carbonyl (C=O) groups is 1. The number of nitrogens with zero attached hydrogens (tertiary/aromatic N) is 3. The van der Waals surface area contributed by atoms with Gasteiger partial charge >= 0.3 is 5.69 Å². The Hall–Kier alpha value is -2.07. The molecule has 0 unspecified atom stereocenters. The number of nitrogens with one attached hydrogen (secondary N) is 1. The predicted octanol–water partition coefficient (Wildman–Crippen LogP) is -1.45. The second-order valence-electron chi connectivity index (χ2n) is 5.52. The third kappa shape index (κ3) is 3.82. The van der Waals surface area contributed by atoms with Crippen molar-refractivity contribution in [2.24, 2.45) is 0 Å². The second kappa shape index (κ2) is 7.01. The van der Waals surface area contributed by atoms with Gasteiger partial charge in [-0.3, -0.25) is 9.36 Å². The Labute approximate surface area is 132 Å². The van der Waals surface area contributed by atoms with Gasteiger partial charge in [-0.2, -0.15) is 4.98 Å². The first-order valence-electron chi connectivity index (χ1n) is 7.00. The van der Waals surface area contributed by atoms with Crippen LogP contribution in [0.1, 0.15) is 6.23 Å². The number of aliphatic hydroxyl groups excluding tert-OH is 2. The number of carbonyl (C=O) groups excluding carboxylic acids is 1. The molecule has 2 heterocycles. The molecule has 0 aromatic carbocycles. The molecular weight excluding hydrogens is 304 g/mol. The van der Waals surface area contributed by atoms with Crippen molar-refractivity contribution in [3.8, 4) is 0 Å². The van der Waals surface area contributed by atoms with Crippen LogP contribution in [0, 0.1) is 0 Å². The summed E-state index contributed by atoms with van der Waals surface area (Å²) < 4.78 is 6.55. The molecule has 3 atom stereocenters. The maximum atomic E-state index is 12.1. The van der Waals surface area contributed by atoms with Crippen LogP contribution in [0.5, 0.6) is 0 Å². The summed E-state index contributed by atoms with van der Waals surface area (Å²) in [6, 6.07) is 1.45. The molecule has 23 heavy (non-hydrogen) atoms. The number of aliphatic hydroxyl groups is 2. The molecule has 1 saturated heterocycles. The minimum absolute atomic E-state index is 0.126. The van der Waals surface area contributed by atoms with E-state index in [2.05, 4.69) is 16.9 Å². The second-order valence-corrected chi connectivity index (χ2v) is 5.52. The molecule has 2 rings (SSSR count). The van der Waals surface area contributed by atoms with Crippen LogP contribution in [0.3, 0.4) is 0 Å². The normalized spacial score (nSPS) is 24.2. The van der Waals surface area contributed by atoms with E-state index >= 15 is 0 Å². The van der Waals surface area contributed by atoms with Crippen molar-refractivity contribution in [1.29, 1.82) is 0 Å². The molecular formula is C14H20N4O5. The molecule has 1 fully saturated rings. The number of amides is 1. The molecule has 0 aliphatic carbocycles. The first-order chi connectivity index (χ1) is 10.8. The van der Waals surface area contributed by atoms with Crippen LogP contribution in [0.15, 0.2) is 29.2 Å². The highest BCUT2D eigenvalue weighted by molar-refractivity contribution is 5.91. The SMILES string of the molecule is C=C1[C@H](n2ccc(NC(=O)CN(C)C)nc2=O)O[C@H](CO)[C@H]1O. The summed E-state index contributed by atoms with van der Waals surface area (Å²) in [5, 5.41) is 21.5. The summed E-state index contributed by atoms with van der Waals surface area (Å²) in [7, 11) is 3.49. The van der Waals surface area contributed by atoms with Crippen molar-refractivity contribution >= 4 is 11.7 Å². The zero-order valence-corrected chi connectivity index (χ0v) is 13.0. The van der Waals surface area contributed by atoms with E-state index in [0.717, 1.165) is 4.57 Å².